The zero-order valence-electron chi connectivity index (χ0n) is 6.99. The van der Waals surface area contributed by atoms with Crippen LogP contribution in [0, 0.1) is 6.92 Å². The quantitative estimate of drug-likeness (QED) is 0.589. The molecule has 0 aliphatic carbocycles. The molecule has 3 nitrogen and oxygen atoms in total. The van der Waals surface area contributed by atoms with E-state index in [-0.39, 0.29) is 12.6 Å². The highest BCUT2D eigenvalue weighted by atomic mass is 16.5. The molecule has 12 heavy (non-hydrogen) atoms. The molecule has 3 N–H and O–H groups in total. The fourth-order valence-corrected chi connectivity index (χ4v) is 1.19. The van der Waals surface area contributed by atoms with Gasteiger partial charge in [0.05, 0.1) is 12.6 Å². The van der Waals surface area contributed by atoms with Gasteiger partial charge in [0.15, 0.2) is 0 Å². The van der Waals surface area contributed by atoms with Crippen LogP contribution >= 0.6 is 0 Å². The van der Waals surface area contributed by atoms with Crippen LogP contribution in [0.25, 0.3) is 0 Å². The third kappa shape index (κ3) is 1.82. The molecule has 0 unspecified atom stereocenters. The summed E-state index contributed by atoms with van der Waals surface area (Å²) >= 11 is 0. The second kappa shape index (κ2) is 4.21. The molecule has 1 atom stereocenters. The van der Waals surface area contributed by atoms with E-state index in [0.29, 0.717) is 0 Å². The maximum absolute atomic E-state index is 8.88. The van der Waals surface area contributed by atoms with Crippen LogP contribution in [0.15, 0.2) is 24.3 Å². The predicted molar refractivity (Wildman–Crippen MR) is 45.9 cm³/mol. The number of hydrogen-bond acceptors (Lipinski definition) is 3. The Kier molecular flexibility index (Phi) is 3.22. The van der Waals surface area contributed by atoms with Crippen molar-refractivity contribution in [1.29, 1.82) is 0 Å². The lowest BCUT2D eigenvalue weighted by molar-refractivity contribution is 0.0903. The van der Waals surface area contributed by atoms with Crippen LogP contribution in [0.5, 0.6) is 0 Å². The number of aryl methyl sites for hydroxylation is 1. The maximum Gasteiger partial charge on any atom is 0.0802 e. The van der Waals surface area contributed by atoms with E-state index in [9.17, 15) is 0 Å². The van der Waals surface area contributed by atoms with Gasteiger partial charge >= 0.3 is 0 Å². The van der Waals surface area contributed by atoms with Gasteiger partial charge in [-0.05, 0) is 18.1 Å². The monoisotopic (exact) mass is 167 g/mol. The highest BCUT2D eigenvalue weighted by Gasteiger charge is 2.09. The Labute approximate surface area is 71.6 Å². The molecule has 1 rings (SSSR count). The van der Waals surface area contributed by atoms with E-state index in [2.05, 4.69) is 5.48 Å². The summed E-state index contributed by atoms with van der Waals surface area (Å²) in [6.45, 7) is 1.83. The van der Waals surface area contributed by atoms with E-state index in [1.165, 1.54) is 0 Å². The molecule has 0 radical (unpaired) electrons. The number of benzene rings is 1. The Bertz CT molecular complexity index is 246. The molecular formula is C9H13NO2. The Hall–Kier alpha value is -0.900. The van der Waals surface area contributed by atoms with E-state index < -0.39 is 0 Å². The van der Waals surface area contributed by atoms with Gasteiger partial charge < -0.3 is 10.3 Å². The van der Waals surface area contributed by atoms with Gasteiger partial charge in [-0.3, -0.25) is 0 Å². The molecule has 0 saturated heterocycles. The van der Waals surface area contributed by atoms with Crippen LogP contribution in [-0.2, 0) is 0 Å². The van der Waals surface area contributed by atoms with Gasteiger partial charge in [0.25, 0.3) is 0 Å². The SMILES string of the molecule is Cc1ccccc1[C@@H](CO)NO. The first-order chi connectivity index (χ1) is 5.79. The second-order valence-electron chi connectivity index (χ2n) is 2.72. The molecule has 66 valence electrons. The molecule has 0 amide bonds. The van der Waals surface area contributed by atoms with E-state index in [4.69, 9.17) is 10.3 Å². The van der Waals surface area contributed by atoms with Crippen LogP contribution < -0.4 is 5.48 Å². The Morgan fingerprint density at radius 3 is 2.58 bits per heavy atom. The summed E-state index contributed by atoms with van der Waals surface area (Å²) in [6.07, 6.45) is 0. The van der Waals surface area contributed by atoms with Crippen LogP contribution in [0.4, 0.5) is 0 Å². The smallest absolute Gasteiger partial charge is 0.0802 e. The summed E-state index contributed by atoms with van der Waals surface area (Å²) in [5, 5.41) is 17.6. The number of nitrogens with one attached hydrogen (secondary N) is 1. The van der Waals surface area contributed by atoms with Gasteiger partial charge in [-0.25, -0.2) is 0 Å². The lowest BCUT2D eigenvalue weighted by atomic mass is 10.0. The van der Waals surface area contributed by atoms with E-state index in [1.54, 1.807) is 0 Å². The minimum absolute atomic E-state index is 0.110. The molecule has 1 aromatic rings. The number of rotatable bonds is 3. The number of aliphatic hydroxyl groups is 1. The second-order valence-corrected chi connectivity index (χ2v) is 2.72. The van der Waals surface area contributed by atoms with Crippen molar-refractivity contribution in [2.24, 2.45) is 0 Å². The van der Waals surface area contributed by atoms with Crippen molar-refractivity contribution in [3.05, 3.63) is 35.4 Å². The highest BCUT2D eigenvalue weighted by molar-refractivity contribution is 5.28. The Balaban J connectivity index is 2.92. The summed E-state index contributed by atoms with van der Waals surface area (Å²) in [6, 6.07) is 7.23. The molecule has 0 saturated carbocycles. The first kappa shape index (κ1) is 9.19. The highest BCUT2D eigenvalue weighted by Crippen LogP contribution is 2.15. The van der Waals surface area contributed by atoms with Gasteiger partial charge in [-0.15, -0.1) is 0 Å². The number of aliphatic hydroxyl groups excluding tert-OH is 1. The van der Waals surface area contributed by atoms with Crippen LogP contribution in [0.3, 0.4) is 0 Å². The zero-order chi connectivity index (χ0) is 8.97. The van der Waals surface area contributed by atoms with Crippen LogP contribution in [0.1, 0.15) is 17.2 Å². The average Bonchev–Trinajstić information content (AvgIpc) is 2.10. The fourth-order valence-electron chi connectivity index (χ4n) is 1.19. The summed E-state index contributed by atoms with van der Waals surface area (Å²) in [4.78, 5) is 0. The third-order valence-electron chi connectivity index (χ3n) is 1.90. The van der Waals surface area contributed by atoms with Crippen molar-refractivity contribution in [2.75, 3.05) is 6.61 Å². The summed E-state index contributed by atoms with van der Waals surface area (Å²) < 4.78 is 0. The minimum atomic E-state index is -0.383. The molecule has 0 fully saturated rings. The van der Waals surface area contributed by atoms with Crippen molar-refractivity contribution in [2.45, 2.75) is 13.0 Å². The minimum Gasteiger partial charge on any atom is -0.394 e. The van der Waals surface area contributed by atoms with Crippen LogP contribution in [0.2, 0.25) is 0 Å². The summed E-state index contributed by atoms with van der Waals surface area (Å²) in [7, 11) is 0. The largest absolute Gasteiger partial charge is 0.394 e. The zero-order valence-corrected chi connectivity index (χ0v) is 6.99. The van der Waals surface area contributed by atoms with E-state index >= 15 is 0 Å². The molecule has 0 heterocycles. The third-order valence-corrected chi connectivity index (χ3v) is 1.90. The Morgan fingerprint density at radius 1 is 1.42 bits per heavy atom. The Morgan fingerprint density at radius 2 is 2.08 bits per heavy atom. The van der Waals surface area contributed by atoms with Crippen molar-refractivity contribution in [1.82, 2.24) is 5.48 Å². The van der Waals surface area contributed by atoms with Crippen molar-refractivity contribution >= 4 is 0 Å². The van der Waals surface area contributed by atoms with Gasteiger partial charge in [-0.2, -0.15) is 5.48 Å². The van der Waals surface area contributed by atoms with Crippen molar-refractivity contribution < 1.29 is 10.3 Å². The van der Waals surface area contributed by atoms with Gasteiger partial charge in [-0.1, -0.05) is 24.3 Å². The van der Waals surface area contributed by atoms with Gasteiger partial charge in [0.1, 0.15) is 0 Å². The summed E-state index contributed by atoms with van der Waals surface area (Å²) in [5.74, 6) is 0. The molecule has 0 aliphatic heterocycles. The van der Waals surface area contributed by atoms with E-state index in [0.717, 1.165) is 11.1 Å². The van der Waals surface area contributed by atoms with Crippen LogP contribution in [-0.4, -0.2) is 16.9 Å². The van der Waals surface area contributed by atoms with Crippen molar-refractivity contribution in [3.63, 3.8) is 0 Å². The van der Waals surface area contributed by atoms with Gasteiger partial charge in [0, 0.05) is 0 Å². The molecule has 0 aromatic heterocycles. The normalized spacial score (nSPS) is 12.9. The fraction of sp³-hybridized carbons (Fsp3) is 0.333. The predicted octanol–water partition coefficient (Wildman–Crippen LogP) is 1.01. The first-order valence-electron chi connectivity index (χ1n) is 3.85. The molecule has 1 aromatic carbocycles. The standard InChI is InChI=1S/C9H13NO2/c1-7-4-2-3-5-8(7)9(6-11)10-12/h2-5,9-12H,6H2,1H3/t9-/m1/s1. The lowest BCUT2D eigenvalue weighted by Gasteiger charge is -2.14. The summed E-state index contributed by atoms with van der Waals surface area (Å²) in [5.41, 5.74) is 4.03. The molecule has 0 bridgehead atoms. The molecular weight excluding hydrogens is 154 g/mol. The lowest BCUT2D eigenvalue weighted by Crippen LogP contribution is -2.21. The number of hydrogen-bond donors (Lipinski definition) is 3. The van der Waals surface area contributed by atoms with Gasteiger partial charge in [0.2, 0.25) is 0 Å². The topological polar surface area (TPSA) is 52.5 Å². The molecule has 3 heteroatoms. The molecule has 0 spiro atoms. The maximum atomic E-state index is 8.88. The van der Waals surface area contributed by atoms with Crippen molar-refractivity contribution in [3.8, 4) is 0 Å². The number of hydroxylamine groups is 1. The first-order valence-corrected chi connectivity index (χ1v) is 3.85. The molecule has 0 aliphatic rings. The van der Waals surface area contributed by atoms with E-state index in [1.807, 2.05) is 31.2 Å². The average molecular weight is 167 g/mol.